The van der Waals surface area contributed by atoms with Gasteiger partial charge in [-0.05, 0) is 31.7 Å². The first-order valence-electron chi connectivity index (χ1n) is 6.69. The van der Waals surface area contributed by atoms with Crippen LogP contribution in [0.1, 0.15) is 31.4 Å². The van der Waals surface area contributed by atoms with Gasteiger partial charge in [-0.3, -0.25) is 0 Å². The molecule has 0 aromatic carbocycles. The van der Waals surface area contributed by atoms with Crippen molar-refractivity contribution < 1.29 is 17.9 Å². The predicted octanol–water partition coefficient (Wildman–Crippen LogP) is 2.46. The molecule has 0 aliphatic heterocycles. The maximum absolute atomic E-state index is 12.1. The summed E-state index contributed by atoms with van der Waals surface area (Å²) >= 11 is 0. The molecule has 1 saturated carbocycles. The van der Waals surface area contributed by atoms with Gasteiger partial charge in [-0.1, -0.05) is 0 Å². The van der Waals surface area contributed by atoms with Gasteiger partial charge in [0, 0.05) is 18.8 Å². The van der Waals surface area contributed by atoms with E-state index in [0.29, 0.717) is 19.4 Å². The third-order valence-electron chi connectivity index (χ3n) is 3.32. The van der Waals surface area contributed by atoms with Crippen molar-refractivity contribution in [3.63, 3.8) is 0 Å². The van der Waals surface area contributed by atoms with Gasteiger partial charge >= 0.3 is 6.18 Å². The molecule has 7 heteroatoms. The van der Waals surface area contributed by atoms with Gasteiger partial charge in [-0.2, -0.15) is 13.2 Å². The second-order valence-electron chi connectivity index (χ2n) is 4.99. The van der Waals surface area contributed by atoms with Crippen LogP contribution in [0.25, 0.3) is 0 Å². The van der Waals surface area contributed by atoms with Gasteiger partial charge in [-0.15, -0.1) is 0 Å². The summed E-state index contributed by atoms with van der Waals surface area (Å²) < 4.78 is 41.3. The summed E-state index contributed by atoms with van der Waals surface area (Å²) in [6.45, 7) is -0.560. The lowest BCUT2D eigenvalue weighted by molar-refractivity contribution is -0.188. The second-order valence-corrected chi connectivity index (χ2v) is 4.99. The van der Waals surface area contributed by atoms with E-state index in [4.69, 9.17) is 4.74 Å². The minimum absolute atomic E-state index is 0.178. The number of hydrogen-bond donors (Lipinski definition) is 1. The van der Waals surface area contributed by atoms with Gasteiger partial charge in [0.25, 0.3) is 0 Å². The van der Waals surface area contributed by atoms with E-state index >= 15 is 0 Å². The van der Waals surface area contributed by atoms with Crippen molar-refractivity contribution in [1.29, 1.82) is 0 Å². The number of ether oxygens (including phenoxy) is 1. The zero-order valence-electron chi connectivity index (χ0n) is 11.1. The molecule has 2 atom stereocenters. The summed E-state index contributed by atoms with van der Waals surface area (Å²) in [7, 11) is 0. The molecule has 1 aliphatic rings. The molecule has 2 rings (SSSR count). The Hall–Kier alpha value is -1.21. The Bertz CT molecular complexity index is 400. The standard InChI is InChI=1S/C13H18F3N3O/c14-13(15,16)8-20-12-3-1-2-10(6-12)18-7-11-4-5-17-9-19-11/h4-5,9-10,12,18H,1-3,6-8H2. The van der Waals surface area contributed by atoms with Crippen molar-refractivity contribution in [2.75, 3.05) is 6.61 Å². The first kappa shape index (κ1) is 15.2. The summed E-state index contributed by atoms with van der Waals surface area (Å²) in [6, 6.07) is 1.99. The Morgan fingerprint density at radius 1 is 1.35 bits per heavy atom. The van der Waals surface area contributed by atoms with Crippen molar-refractivity contribution in [3.8, 4) is 0 Å². The normalized spacial score (nSPS) is 23.8. The second kappa shape index (κ2) is 6.99. The van der Waals surface area contributed by atoms with Crippen LogP contribution >= 0.6 is 0 Å². The molecule has 0 radical (unpaired) electrons. The first-order valence-corrected chi connectivity index (χ1v) is 6.69. The van der Waals surface area contributed by atoms with Crippen LogP contribution in [-0.4, -0.2) is 34.9 Å². The molecular formula is C13H18F3N3O. The van der Waals surface area contributed by atoms with E-state index in [1.165, 1.54) is 6.33 Å². The minimum atomic E-state index is -4.25. The molecule has 1 aromatic heterocycles. The molecule has 2 unspecified atom stereocenters. The van der Waals surface area contributed by atoms with E-state index in [-0.39, 0.29) is 12.1 Å². The minimum Gasteiger partial charge on any atom is -0.369 e. The molecule has 1 N–H and O–H groups in total. The van der Waals surface area contributed by atoms with Crippen LogP contribution in [0.15, 0.2) is 18.6 Å². The third-order valence-corrected chi connectivity index (χ3v) is 3.32. The predicted molar refractivity (Wildman–Crippen MR) is 66.9 cm³/mol. The average Bonchev–Trinajstić information content (AvgIpc) is 2.44. The molecule has 1 fully saturated rings. The van der Waals surface area contributed by atoms with E-state index in [2.05, 4.69) is 15.3 Å². The molecule has 4 nitrogen and oxygen atoms in total. The van der Waals surface area contributed by atoms with Gasteiger partial charge in [0.05, 0.1) is 11.8 Å². The third kappa shape index (κ3) is 5.42. The molecule has 112 valence electrons. The quantitative estimate of drug-likeness (QED) is 0.904. The maximum Gasteiger partial charge on any atom is 0.411 e. The highest BCUT2D eigenvalue weighted by atomic mass is 19.4. The number of rotatable bonds is 5. The molecule has 20 heavy (non-hydrogen) atoms. The van der Waals surface area contributed by atoms with Crippen LogP contribution in [0.3, 0.4) is 0 Å². The topological polar surface area (TPSA) is 47.0 Å². The smallest absolute Gasteiger partial charge is 0.369 e. The van der Waals surface area contributed by atoms with Crippen LogP contribution in [-0.2, 0) is 11.3 Å². The van der Waals surface area contributed by atoms with Gasteiger partial charge in [0.2, 0.25) is 0 Å². The molecule has 0 saturated heterocycles. The van der Waals surface area contributed by atoms with Crippen LogP contribution < -0.4 is 5.32 Å². The fourth-order valence-corrected chi connectivity index (χ4v) is 2.37. The fourth-order valence-electron chi connectivity index (χ4n) is 2.37. The van der Waals surface area contributed by atoms with Crippen molar-refractivity contribution in [3.05, 3.63) is 24.3 Å². The van der Waals surface area contributed by atoms with Crippen LogP contribution in [0.4, 0.5) is 13.2 Å². The summed E-state index contributed by atoms with van der Waals surface area (Å²) in [5.41, 5.74) is 0.873. The van der Waals surface area contributed by atoms with E-state index in [1.807, 2.05) is 6.07 Å². The number of nitrogens with zero attached hydrogens (tertiary/aromatic N) is 2. The zero-order chi connectivity index (χ0) is 14.4. The monoisotopic (exact) mass is 289 g/mol. The Labute approximate surface area is 115 Å². The molecule has 1 heterocycles. The molecule has 1 aromatic rings. The highest BCUT2D eigenvalue weighted by molar-refractivity contribution is 4.97. The lowest BCUT2D eigenvalue weighted by Crippen LogP contribution is -2.38. The van der Waals surface area contributed by atoms with Gasteiger partial charge in [-0.25, -0.2) is 9.97 Å². The highest BCUT2D eigenvalue weighted by Crippen LogP contribution is 2.24. The van der Waals surface area contributed by atoms with E-state index in [1.54, 1.807) is 6.20 Å². The number of hydrogen-bond acceptors (Lipinski definition) is 4. The molecular weight excluding hydrogens is 271 g/mol. The highest BCUT2D eigenvalue weighted by Gasteiger charge is 2.31. The van der Waals surface area contributed by atoms with E-state index < -0.39 is 12.8 Å². The van der Waals surface area contributed by atoms with Gasteiger partial charge in [0.15, 0.2) is 0 Å². The number of halogens is 3. The number of alkyl halides is 3. The van der Waals surface area contributed by atoms with Gasteiger partial charge < -0.3 is 10.1 Å². The maximum atomic E-state index is 12.1. The van der Waals surface area contributed by atoms with Gasteiger partial charge in [0.1, 0.15) is 12.9 Å². The summed E-state index contributed by atoms with van der Waals surface area (Å²) in [5, 5.41) is 3.31. The van der Waals surface area contributed by atoms with E-state index in [0.717, 1.165) is 18.5 Å². The Balaban J connectivity index is 1.73. The summed E-state index contributed by atoms with van der Waals surface area (Å²) in [6.07, 6.45) is 1.73. The lowest BCUT2D eigenvalue weighted by Gasteiger charge is -2.30. The average molecular weight is 289 g/mol. The largest absolute Gasteiger partial charge is 0.411 e. The number of nitrogens with one attached hydrogen (secondary N) is 1. The molecule has 0 bridgehead atoms. The van der Waals surface area contributed by atoms with Crippen molar-refractivity contribution >= 4 is 0 Å². The summed E-state index contributed by atoms with van der Waals surface area (Å²) in [5.74, 6) is 0. The Kier molecular flexibility index (Phi) is 5.31. The van der Waals surface area contributed by atoms with Crippen molar-refractivity contribution in [2.45, 2.75) is 50.6 Å². The molecule has 0 amide bonds. The summed E-state index contributed by atoms with van der Waals surface area (Å²) in [4.78, 5) is 7.93. The molecule has 1 aliphatic carbocycles. The molecule has 0 spiro atoms. The number of aromatic nitrogens is 2. The SMILES string of the molecule is FC(F)(F)COC1CCCC(NCc2ccncn2)C1. The fraction of sp³-hybridized carbons (Fsp3) is 0.692. The van der Waals surface area contributed by atoms with Crippen LogP contribution in [0.2, 0.25) is 0 Å². The van der Waals surface area contributed by atoms with Crippen LogP contribution in [0.5, 0.6) is 0 Å². The Morgan fingerprint density at radius 2 is 2.20 bits per heavy atom. The lowest BCUT2D eigenvalue weighted by atomic mass is 9.93. The zero-order valence-corrected chi connectivity index (χ0v) is 11.1. The van der Waals surface area contributed by atoms with Crippen molar-refractivity contribution in [2.24, 2.45) is 0 Å². The Morgan fingerprint density at radius 3 is 2.90 bits per heavy atom. The van der Waals surface area contributed by atoms with Crippen molar-refractivity contribution in [1.82, 2.24) is 15.3 Å². The first-order chi connectivity index (χ1) is 9.53. The van der Waals surface area contributed by atoms with E-state index in [9.17, 15) is 13.2 Å². The van der Waals surface area contributed by atoms with Crippen LogP contribution in [0, 0.1) is 0 Å².